The summed E-state index contributed by atoms with van der Waals surface area (Å²) >= 11 is 0. The molecular formula is C10H14N6O3. The SMILES string of the molecule is Nc1ncnc2c1ncn2C1O[C@H](CO)[C@H](O)[C@H]1N. The van der Waals surface area contributed by atoms with Gasteiger partial charge in [0.1, 0.15) is 24.1 Å². The van der Waals surface area contributed by atoms with Gasteiger partial charge in [-0.15, -0.1) is 0 Å². The third-order valence-corrected chi connectivity index (χ3v) is 3.26. The number of rotatable bonds is 2. The van der Waals surface area contributed by atoms with Crippen LogP contribution in [0.1, 0.15) is 6.23 Å². The number of aliphatic hydroxyl groups excluding tert-OH is 2. The third-order valence-electron chi connectivity index (χ3n) is 3.26. The van der Waals surface area contributed by atoms with Crippen molar-refractivity contribution in [2.45, 2.75) is 24.5 Å². The molecule has 0 bridgehead atoms. The van der Waals surface area contributed by atoms with E-state index < -0.39 is 24.5 Å². The summed E-state index contributed by atoms with van der Waals surface area (Å²) in [5.41, 5.74) is 12.5. The van der Waals surface area contributed by atoms with Gasteiger partial charge in [0.25, 0.3) is 0 Å². The van der Waals surface area contributed by atoms with Crippen LogP contribution in [0.3, 0.4) is 0 Å². The summed E-state index contributed by atoms with van der Waals surface area (Å²) in [4.78, 5) is 12.0. The lowest BCUT2D eigenvalue weighted by atomic mass is 10.1. The molecule has 0 radical (unpaired) electrons. The molecule has 3 rings (SSSR count). The first-order chi connectivity index (χ1) is 9.13. The van der Waals surface area contributed by atoms with Crippen molar-refractivity contribution in [2.75, 3.05) is 12.3 Å². The molecule has 9 nitrogen and oxygen atoms in total. The van der Waals surface area contributed by atoms with Crippen molar-refractivity contribution in [1.82, 2.24) is 19.5 Å². The summed E-state index contributed by atoms with van der Waals surface area (Å²) in [7, 11) is 0. The zero-order valence-corrected chi connectivity index (χ0v) is 9.92. The monoisotopic (exact) mass is 266 g/mol. The van der Waals surface area contributed by atoms with Crippen LogP contribution in [0, 0.1) is 0 Å². The Kier molecular flexibility index (Phi) is 2.82. The van der Waals surface area contributed by atoms with E-state index in [2.05, 4.69) is 15.0 Å². The summed E-state index contributed by atoms with van der Waals surface area (Å²) in [5, 5.41) is 19.0. The van der Waals surface area contributed by atoms with E-state index in [-0.39, 0.29) is 12.4 Å². The molecule has 9 heteroatoms. The average molecular weight is 266 g/mol. The van der Waals surface area contributed by atoms with Gasteiger partial charge >= 0.3 is 0 Å². The average Bonchev–Trinajstić information content (AvgIpc) is 2.94. The number of hydrogen-bond acceptors (Lipinski definition) is 8. The maximum Gasteiger partial charge on any atom is 0.167 e. The molecule has 1 aliphatic heterocycles. The fourth-order valence-electron chi connectivity index (χ4n) is 2.23. The molecule has 2 aromatic heterocycles. The van der Waals surface area contributed by atoms with Crippen LogP contribution >= 0.6 is 0 Å². The number of hydrogen-bond donors (Lipinski definition) is 4. The molecule has 0 aromatic carbocycles. The van der Waals surface area contributed by atoms with E-state index in [4.69, 9.17) is 21.3 Å². The number of nitrogen functional groups attached to an aromatic ring is 1. The molecule has 0 amide bonds. The number of anilines is 1. The van der Waals surface area contributed by atoms with Crippen LogP contribution < -0.4 is 11.5 Å². The molecule has 0 saturated carbocycles. The van der Waals surface area contributed by atoms with Gasteiger partial charge < -0.3 is 26.4 Å². The lowest BCUT2D eigenvalue weighted by molar-refractivity contribution is -0.0437. The molecule has 6 N–H and O–H groups in total. The normalized spacial score (nSPS) is 31.1. The van der Waals surface area contributed by atoms with Crippen molar-refractivity contribution in [3.63, 3.8) is 0 Å². The molecule has 0 aliphatic carbocycles. The van der Waals surface area contributed by atoms with Gasteiger partial charge in [0.15, 0.2) is 17.7 Å². The predicted octanol–water partition coefficient (Wildman–Crippen LogP) is -2.01. The maximum absolute atomic E-state index is 9.85. The summed E-state index contributed by atoms with van der Waals surface area (Å²) in [6.45, 7) is -0.310. The molecule has 1 fully saturated rings. The Morgan fingerprint density at radius 2 is 2.16 bits per heavy atom. The Morgan fingerprint density at radius 3 is 2.84 bits per heavy atom. The van der Waals surface area contributed by atoms with Gasteiger partial charge in [-0.1, -0.05) is 0 Å². The summed E-state index contributed by atoms with van der Waals surface area (Å²) in [6, 6.07) is -0.689. The van der Waals surface area contributed by atoms with Crippen LogP contribution in [0.4, 0.5) is 5.82 Å². The van der Waals surface area contributed by atoms with E-state index in [1.807, 2.05) is 0 Å². The molecule has 102 valence electrons. The fourth-order valence-corrected chi connectivity index (χ4v) is 2.23. The van der Waals surface area contributed by atoms with Crippen molar-refractivity contribution in [2.24, 2.45) is 5.73 Å². The number of ether oxygens (including phenoxy) is 1. The van der Waals surface area contributed by atoms with Gasteiger partial charge in [-0.25, -0.2) is 15.0 Å². The second kappa shape index (κ2) is 4.38. The first kappa shape index (κ1) is 12.2. The Morgan fingerprint density at radius 1 is 1.37 bits per heavy atom. The van der Waals surface area contributed by atoms with Crippen molar-refractivity contribution in [1.29, 1.82) is 0 Å². The van der Waals surface area contributed by atoms with E-state index in [1.165, 1.54) is 12.7 Å². The molecule has 19 heavy (non-hydrogen) atoms. The molecular weight excluding hydrogens is 252 g/mol. The number of fused-ring (bicyclic) bond motifs is 1. The standard InChI is InChI=1S/C10H14N6O3/c11-5-7(18)4(1-17)19-10(5)16-3-15-6-8(12)13-2-14-9(6)16/h2-5,7,10,17-18H,1,11H2,(H2,12,13,14)/t4-,5-,7+,10?/m1/s1. The molecule has 1 aliphatic rings. The van der Waals surface area contributed by atoms with Gasteiger partial charge in [0.2, 0.25) is 0 Å². The van der Waals surface area contributed by atoms with Crippen LogP contribution in [-0.4, -0.2) is 54.6 Å². The lowest BCUT2D eigenvalue weighted by Crippen LogP contribution is -2.39. The van der Waals surface area contributed by atoms with Gasteiger partial charge in [-0.05, 0) is 0 Å². The van der Waals surface area contributed by atoms with Crippen LogP contribution in [0.15, 0.2) is 12.7 Å². The maximum atomic E-state index is 9.85. The Bertz CT molecular complexity index is 602. The zero-order chi connectivity index (χ0) is 13.6. The van der Waals surface area contributed by atoms with E-state index in [1.54, 1.807) is 4.57 Å². The van der Waals surface area contributed by atoms with E-state index in [0.29, 0.717) is 11.2 Å². The highest BCUT2D eigenvalue weighted by Gasteiger charge is 2.42. The van der Waals surface area contributed by atoms with E-state index in [0.717, 1.165) is 0 Å². The minimum atomic E-state index is -0.952. The van der Waals surface area contributed by atoms with Gasteiger partial charge in [-0.3, -0.25) is 4.57 Å². The zero-order valence-electron chi connectivity index (χ0n) is 9.92. The smallest absolute Gasteiger partial charge is 0.167 e. The predicted molar refractivity (Wildman–Crippen MR) is 64.7 cm³/mol. The van der Waals surface area contributed by atoms with Gasteiger partial charge in [0, 0.05) is 0 Å². The lowest BCUT2D eigenvalue weighted by Gasteiger charge is -2.17. The number of imidazole rings is 1. The Hall–Kier alpha value is -1.81. The summed E-state index contributed by atoms with van der Waals surface area (Å²) < 4.78 is 7.10. The Balaban J connectivity index is 2.04. The van der Waals surface area contributed by atoms with Gasteiger partial charge in [0.05, 0.1) is 19.0 Å². The molecule has 1 saturated heterocycles. The van der Waals surface area contributed by atoms with Crippen LogP contribution in [0.5, 0.6) is 0 Å². The van der Waals surface area contributed by atoms with Crippen LogP contribution in [0.25, 0.3) is 11.2 Å². The number of nitrogens with zero attached hydrogens (tertiary/aromatic N) is 4. The number of aliphatic hydroxyl groups is 2. The minimum Gasteiger partial charge on any atom is -0.394 e. The van der Waals surface area contributed by atoms with Crippen molar-refractivity contribution >= 4 is 17.0 Å². The first-order valence-corrected chi connectivity index (χ1v) is 5.76. The second-order valence-electron chi connectivity index (χ2n) is 4.40. The number of aromatic nitrogens is 4. The van der Waals surface area contributed by atoms with Crippen LogP contribution in [-0.2, 0) is 4.74 Å². The minimum absolute atomic E-state index is 0.259. The summed E-state index contributed by atoms with van der Waals surface area (Å²) in [5.74, 6) is 0.259. The first-order valence-electron chi connectivity index (χ1n) is 5.76. The highest BCUT2D eigenvalue weighted by Crippen LogP contribution is 2.30. The largest absolute Gasteiger partial charge is 0.394 e. The quantitative estimate of drug-likeness (QED) is 0.487. The Labute approximate surface area is 107 Å². The molecule has 3 heterocycles. The fraction of sp³-hybridized carbons (Fsp3) is 0.500. The van der Waals surface area contributed by atoms with Gasteiger partial charge in [-0.2, -0.15) is 0 Å². The molecule has 1 unspecified atom stereocenters. The topological polar surface area (TPSA) is 145 Å². The molecule has 0 spiro atoms. The van der Waals surface area contributed by atoms with Crippen LogP contribution in [0.2, 0.25) is 0 Å². The third kappa shape index (κ3) is 1.75. The molecule has 2 aromatic rings. The van der Waals surface area contributed by atoms with E-state index >= 15 is 0 Å². The second-order valence-corrected chi connectivity index (χ2v) is 4.40. The van der Waals surface area contributed by atoms with E-state index in [9.17, 15) is 5.11 Å². The highest BCUT2D eigenvalue weighted by molar-refractivity contribution is 5.81. The van der Waals surface area contributed by atoms with Crippen molar-refractivity contribution in [3.05, 3.63) is 12.7 Å². The number of nitrogens with two attached hydrogens (primary N) is 2. The highest BCUT2D eigenvalue weighted by atomic mass is 16.5. The van der Waals surface area contributed by atoms with Crippen molar-refractivity contribution < 1.29 is 14.9 Å². The van der Waals surface area contributed by atoms with Crippen molar-refractivity contribution in [3.8, 4) is 0 Å². The molecule has 4 atom stereocenters. The summed E-state index contributed by atoms with van der Waals surface area (Å²) in [6.07, 6.45) is 0.456.